The van der Waals surface area contributed by atoms with Crippen LogP contribution in [-0.4, -0.2) is 43.6 Å². The van der Waals surface area contributed by atoms with Gasteiger partial charge in [-0.25, -0.2) is 8.42 Å². The predicted molar refractivity (Wildman–Crippen MR) is 71.6 cm³/mol. The molecule has 1 aliphatic carbocycles. The molecule has 1 saturated carbocycles. The molecular weight excluding hydrogens is 236 g/mol. The fourth-order valence-electron chi connectivity index (χ4n) is 1.96. The molecule has 102 valence electrons. The van der Waals surface area contributed by atoms with Crippen LogP contribution >= 0.6 is 0 Å². The highest BCUT2D eigenvalue weighted by Gasteiger charge is 2.35. The molecule has 1 N–H and O–H groups in total. The quantitative estimate of drug-likeness (QED) is 0.642. The normalized spacial score (nSPS) is 17.0. The van der Waals surface area contributed by atoms with Gasteiger partial charge in [-0.05, 0) is 32.2 Å². The minimum atomic E-state index is -3.00. The summed E-state index contributed by atoms with van der Waals surface area (Å²) in [7, 11) is -3.00. The molecule has 1 rings (SSSR count). The Balaban J connectivity index is 2.24. The van der Waals surface area contributed by atoms with Crippen molar-refractivity contribution in [2.75, 3.05) is 18.8 Å². The summed E-state index contributed by atoms with van der Waals surface area (Å²) in [5.74, 6) is 0.303. The van der Waals surface area contributed by atoms with E-state index in [2.05, 4.69) is 19.2 Å². The first kappa shape index (κ1) is 14.9. The van der Waals surface area contributed by atoms with Crippen molar-refractivity contribution in [2.24, 2.45) is 0 Å². The van der Waals surface area contributed by atoms with Crippen LogP contribution in [0.4, 0.5) is 0 Å². The van der Waals surface area contributed by atoms with E-state index < -0.39 is 10.0 Å². The van der Waals surface area contributed by atoms with E-state index in [4.69, 9.17) is 0 Å². The Hall–Kier alpha value is -0.130. The average molecular weight is 262 g/mol. The minimum Gasteiger partial charge on any atom is -0.315 e. The van der Waals surface area contributed by atoms with E-state index in [0.717, 1.165) is 32.2 Å². The van der Waals surface area contributed by atoms with Gasteiger partial charge in [0.1, 0.15) is 0 Å². The first-order chi connectivity index (χ1) is 7.97. The van der Waals surface area contributed by atoms with E-state index in [1.54, 1.807) is 4.31 Å². The van der Waals surface area contributed by atoms with E-state index in [0.29, 0.717) is 24.4 Å². The summed E-state index contributed by atoms with van der Waals surface area (Å²) in [6, 6.07) is 0.781. The predicted octanol–water partition coefficient (Wildman–Crippen LogP) is 1.58. The maximum absolute atomic E-state index is 12.0. The van der Waals surface area contributed by atoms with Gasteiger partial charge in [0.15, 0.2) is 0 Å². The van der Waals surface area contributed by atoms with Crippen molar-refractivity contribution in [1.29, 1.82) is 0 Å². The van der Waals surface area contributed by atoms with Crippen molar-refractivity contribution in [3.05, 3.63) is 0 Å². The Labute approximate surface area is 106 Å². The van der Waals surface area contributed by atoms with Crippen LogP contribution in [0.5, 0.6) is 0 Å². The molecule has 0 aromatic heterocycles. The first-order valence-corrected chi connectivity index (χ1v) is 8.31. The van der Waals surface area contributed by atoms with Crippen molar-refractivity contribution < 1.29 is 8.42 Å². The first-order valence-electron chi connectivity index (χ1n) is 6.70. The van der Waals surface area contributed by atoms with Crippen LogP contribution in [0.2, 0.25) is 0 Å². The molecule has 4 nitrogen and oxygen atoms in total. The van der Waals surface area contributed by atoms with Crippen molar-refractivity contribution in [3.8, 4) is 0 Å². The Morgan fingerprint density at radius 1 is 1.29 bits per heavy atom. The van der Waals surface area contributed by atoms with E-state index >= 15 is 0 Å². The number of nitrogens with zero attached hydrogens (tertiary/aromatic N) is 1. The number of unbranched alkanes of at least 4 members (excludes halogenated alkanes) is 1. The lowest BCUT2D eigenvalue weighted by molar-refractivity contribution is 0.419. The molecule has 5 heteroatoms. The number of hydrogen-bond acceptors (Lipinski definition) is 3. The number of nitrogens with one attached hydrogen (secondary N) is 1. The maximum atomic E-state index is 12.0. The Morgan fingerprint density at radius 3 is 2.41 bits per heavy atom. The number of sulfonamides is 1. The molecule has 0 atom stereocenters. The zero-order chi connectivity index (χ0) is 12.9. The zero-order valence-electron chi connectivity index (χ0n) is 11.3. The third kappa shape index (κ3) is 5.36. The Morgan fingerprint density at radius 2 is 1.94 bits per heavy atom. The van der Waals surface area contributed by atoms with Gasteiger partial charge < -0.3 is 5.32 Å². The monoisotopic (exact) mass is 262 g/mol. The fraction of sp³-hybridized carbons (Fsp3) is 1.00. The highest BCUT2D eigenvalue weighted by atomic mass is 32.2. The molecule has 0 saturated heterocycles. The summed E-state index contributed by atoms with van der Waals surface area (Å²) in [5.41, 5.74) is 0. The summed E-state index contributed by atoms with van der Waals surface area (Å²) >= 11 is 0. The molecular formula is C12H26N2O2S. The summed E-state index contributed by atoms with van der Waals surface area (Å²) in [6.45, 7) is 7.65. The molecule has 0 unspecified atom stereocenters. The minimum absolute atomic E-state index is 0.303. The molecule has 0 heterocycles. The van der Waals surface area contributed by atoms with Gasteiger partial charge >= 0.3 is 0 Å². The molecule has 0 radical (unpaired) electrons. The summed E-state index contributed by atoms with van der Waals surface area (Å²) < 4.78 is 25.8. The third-order valence-corrected chi connectivity index (χ3v) is 5.08. The molecule has 0 aliphatic heterocycles. The van der Waals surface area contributed by atoms with Crippen LogP contribution in [-0.2, 0) is 10.0 Å². The molecule has 1 aliphatic rings. The maximum Gasteiger partial charge on any atom is 0.214 e. The van der Waals surface area contributed by atoms with Crippen LogP contribution in [0.25, 0.3) is 0 Å². The number of rotatable bonds is 9. The molecule has 0 amide bonds. The Kier molecular flexibility index (Phi) is 5.89. The van der Waals surface area contributed by atoms with Gasteiger partial charge in [-0.1, -0.05) is 20.8 Å². The second-order valence-corrected chi connectivity index (χ2v) is 7.11. The molecule has 1 fully saturated rings. The van der Waals surface area contributed by atoms with Crippen LogP contribution < -0.4 is 5.32 Å². The zero-order valence-corrected chi connectivity index (χ0v) is 12.1. The van der Waals surface area contributed by atoms with E-state index in [1.807, 2.05) is 6.92 Å². The lowest BCUT2D eigenvalue weighted by Gasteiger charge is -2.19. The Bertz CT molecular complexity index is 310. The summed E-state index contributed by atoms with van der Waals surface area (Å²) in [5, 5.41) is 3.30. The average Bonchev–Trinajstić information content (AvgIpc) is 3.01. The molecule has 0 aromatic carbocycles. The topological polar surface area (TPSA) is 49.4 Å². The van der Waals surface area contributed by atoms with Crippen molar-refractivity contribution in [3.63, 3.8) is 0 Å². The second kappa shape index (κ2) is 6.71. The largest absolute Gasteiger partial charge is 0.315 e. The summed E-state index contributed by atoms with van der Waals surface area (Å²) in [6.07, 6.45) is 3.77. The highest BCUT2D eigenvalue weighted by molar-refractivity contribution is 7.89. The van der Waals surface area contributed by atoms with Crippen LogP contribution in [0.1, 0.15) is 46.5 Å². The lowest BCUT2D eigenvalue weighted by atomic mass is 10.3. The van der Waals surface area contributed by atoms with Crippen molar-refractivity contribution >= 4 is 10.0 Å². The van der Waals surface area contributed by atoms with E-state index in [1.165, 1.54) is 0 Å². The molecule has 0 bridgehead atoms. The van der Waals surface area contributed by atoms with Gasteiger partial charge in [0.05, 0.1) is 5.75 Å². The van der Waals surface area contributed by atoms with Gasteiger partial charge in [-0.2, -0.15) is 4.31 Å². The number of hydrogen-bond donors (Lipinski definition) is 1. The van der Waals surface area contributed by atoms with Crippen LogP contribution in [0.3, 0.4) is 0 Å². The van der Waals surface area contributed by atoms with Crippen molar-refractivity contribution in [2.45, 2.75) is 58.5 Å². The van der Waals surface area contributed by atoms with Gasteiger partial charge in [0, 0.05) is 18.6 Å². The van der Waals surface area contributed by atoms with E-state index in [-0.39, 0.29) is 0 Å². The van der Waals surface area contributed by atoms with Gasteiger partial charge in [-0.15, -0.1) is 0 Å². The lowest BCUT2D eigenvalue weighted by Crippen LogP contribution is -2.35. The van der Waals surface area contributed by atoms with E-state index in [9.17, 15) is 8.42 Å². The highest BCUT2D eigenvalue weighted by Crippen LogP contribution is 2.29. The van der Waals surface area contributed by atoms with Crippen molar-refractivity contribution in [1.82, 2.24) is 9.62 Å². The molecule has 17 heavy (non-hydrogen) atoms. The van der Waals surface area contributed by atoms with Crippen LogP contribution in [0, 0.1) is 0 Å². The second-order valence-electron chi connectivity index (χ2n) is 5.07. The van der Waals surface area contributed by atoms with Crippen LogP contribution in [0.15, 0.2) is 0 Å². The fourth-order valence-corrected chi connectivity index (χ4v) is 3.82. The smallest absolute Gasteiger partial charge is 0.214 e. The standard InChI is InChI=1S/C12H26N2O2S/c1-4-14(12-7-8-12)17(15,16)10-6-5-9-13-11(2)3/h11-13H,4-10H2,1-3H3. The van der Waals surface area contributed by atoms with Gasteiger partial charge in [0.25, 0.3) is 0 Å². The third-order valence-electron chi connectivity index (χ3n) is 3.00. The van der Waals surface area contributed by atoms with Gasteiger partial charge in [-0.3, -0.25) is 0 Å². The SMILES string of the molecule is CCN(C1CC1)S(=O)(=O)CCCCNC(C)C. The summed E-state index contributed by atoms with van der Waals surface area (Å²) in [4.78, 5) is 0. The van der Waals surface area contributed by atoms with Gasteiger partial charge in [0.2, 0.25) is 10.0 Å². The molecule has 0 spiro atoms. The molecule has 0 aromatic rings.